The van der Waals surface area contributed by atoms with E-state index in [1.807, 2.05) is 52.0 Å². The minimum atomic E-state index is -4.14. The number of ether oxygens (including phenoxy) is 1. The van der Waals surface area contributed by atoms with Crippen LogP contribution in [0.5, 0.6) is 5.75 Å². The smallest absolute Gasteiger partial charge is 0.264 e. The minimum absolute atomic E-state index is 0.0573. The van der Waals surface area contributed by atoms with Crippen LogP contribution in [0.3, 0.4) is 0 Å². The molecule has 0 saturated heterocycles. The Morgan fingerprint density at radius 2 is 1.60 bits per heavy atom. The number of rotatable bonds is 12. The first kappa shape index (κ1) is 30.7. The lowest BCUT2D eigenvalue weighted by atomic mass is 10.1. The Hall–Kier alpha value is -3.85. The van der Waals surface area contributed by atoms with Crippen LogP contribution in [0, 0.1) is 19.8 Å². The van der Waals surface area contributed by atoms with E-state index in [4.69, 9.17) is 4.74 Å². The number of amides is 2. The molecule has 0 radical (unpaired) electrons. The van der Waals surface area contributed by atoms with E-state index < -0.39 is 28.5 Å². The van der Waals surface area contributed by atoms with E-state index in [2.05, 4.69) is 5.32 Å². The maximum Gasteiger partial charge on any atom is 0.264 e. The molecule has 3 aromatic carbocycles. The van der Waals surface area contributed by atoms with Crippen molar-refractivity contribution in [3.8, 4) is 5.75 Å². The Morgan fingerprint density at radius 3 is 2.23 bits per heavy atom. The van der Waals surface area contributed by atoms with E-state index in [0.717, 1.165) is 21.0 Å². The molecule has 214 valence electrons. The van der Waals surface area contributed by atoms with Crippen LogP contribution in [-0.4, -0.2) is 51.4 Å². The Balaban J connectivity index is 2.04. The van der Waals surface area contributed by atoms with Gasteiger partial charge in [0.1, 0.15) is 18.3 Å². The zero-order valence-corrected chi connectivity index (χ0v) is 24.9. The highest BCUT2D eigenvalue weighted by Gasteiger charge is 2.33. The number of aryl methyl sites for hydroxylation is 2. The lowest BCUT2D eigenvalue weighted by Crippen LogP contribution is -2.51. The fourth-order valence-electron chi connectivity index (χ4n) is 4.14. The van der Waals surface area contributed by atoms with Crippen LogP contribution in [-0.2, 0) is 26.2 Å². The third kappa shape index (κ3) is 7.63. The van der Waals surface area contributed by atoms with Gasteiger partial charge in [-0.05, 0) is 62.1 Å². The summed E-state index contributed by atoms with van der Waals surface area (Å²) >= 11 is 0. The molecule has 0 saturated carbocycles. The molecule has 40 heavy (non-hydrogen) atoms. The van der Waals surface area contributed by atoms with E-state index in [0.29, 0.717) is 12.3 Å². The average Bonchev–Trinajstić information content (AvgIpc) is 2.93. The highest BCUT2D eigenvalue weighted by Crippen LogP contribution is 2.28. The monoisotopic (exact) mass is 565 g/mol. The van der Waals surface area contributed by atoms with E-state index in [-0.39, 0.29) is 29.0 Å². The maximum atomic E-state index is 14.0. The van der Waals surface area contributed by atoms with E-state index in [1.54, 1.807) is 43.3 Å². The molecular weight excluding hydrogens is 526 g/mol. The number of nitrogens with zero attached hydrogens (tertiary/aromatic N) is 2. The molecule has 8 nitrogen and oxygen atoms in total. The van der Waals surface area contributed by atoms with Crippen LogP contribution >= 0.6 is 0 Å². The topological polar surface area (TPSA) is 96.0 Å². The van der Waals surface area contributed by atoms with Crippen molar-refractivity contribution < 1.29 is 22.7 Å². The fourth-order valence-corrected chi connectivity index (χ4v) is 5.54. The van der Waals surface area contributed by atoms with Gasteiger partial charge < -0.3 is 15.0 Å². The first-order chi connectivity index (χ1) is 18.9. The standard InChI is InChI=1S/C31H39N3O5S/c1-22(2)19-32-31(36)25(5)33(20-26-11-8-7-10-24(26)4)30(35)21-34(27-12-9-13-28(18-27)39-6)40(37,38)29-16-14-23(3)15-17-29/h7-18,22,25H,19-21H2,1-6H3,(H,32,36)/t25-/m1/s1. The largest absolute Gasteiger partial charge is 0.497 e. The predicted molar refractivity (Wildman–Crippen MR) is 158 cm³/mol. The second-order valence-electron chi connectivity index (χ2n) is 10.3. The third-order valence-corrected chi connectivity index (χ3v) is 8.47. The summed E-state index contributed by atoms with van der Waals surface area (Å²) in [5, 5.41) is 2.90. The number of hydrogen-bond donors (Lipinski definition) is 1. The summed E-state index contributed by atoms with van der Waals surface area (Å²) in [7, 11) is -2.65. The van der Waals surface area contributed by atoms with Gasteiger partial charge in [0.15, 0.2) is 0 Å². The molecule has 0 fully saturated rings. The summed E-state index contributed by atoms with van der Waals surface area (Å²) in [6.45, 7) is 9.56. The third-order valence-electron chi connectivity index (χ3n) is 6.68. The molecule has 0 heterocycles. The molecule has 0 aliphatic carbocycles. The minimum Gasteiger partial charge on any atom is -0.497 e. The summed E-state index contributed by atoms with van der Waals surface area (Å²) in [6.07, 6.45) is 0. The molecular formula is C31H39N3O5S. The number of benzene rings is 3. The van der Waals surface area contributed by atoms with Crippen molar-refractivity contribution in [2.45, 2.75) is 52.1 Å². The summed E-state index contributed by atoms with van der Waals surface area (Å²) in [5.41, 5.74) is 3.02. The Morgan fingerprint density at radius 1 is 0.925 bits per heavy atom. The number of hydrogen-bond acceptors (Lipinski definition) is 5. The lowest BCUT2D eigenvalue weighted by molar-refractivity contribution is -0.139. The number of methoxy groups -OCH3 is 1. The van der Waals surface area contributed by atoms with Gasteiger partial charge in [-0.25, -0.2) is 8.42 Å². The van der Waals surface area contributed by atoms with Crippen LogP contribution in [0.15, 0.2) is 77.7 Å². The van der Waals surface area contributed by atoms with Crippen LogP contribution in [0.25, 0.3) is 0 Å². The summed E-state index contributed by atoms with van der Waals surface area (Å²) < 4.78 is 34.3. The zero-order chi connectivity index (χ0) is 29.4. The molecule has 0 aliphatic rings. The zero-order valence-electron chi connectivity index (χ0n) is 24.0. The number of sulfonamides is 1. The molecule has 1 N–H and O–H groups in total. The number of carbonyl (C=O) groups is 2. The van der Waals surface area contributed by atoms with Crippen molar-refractivity contribution in [1.82, 2.24) is 10.2 Å². The molecule has 2 amide bonds. The predicted octanol–water partition coefficient (Wildman–Crippen LogP) is 4.70. The highest BCUT2D eigenvalue weighted by molar-refractivity contribution is 7.92. The molecule has 0 bridgehead atoms. The van der Waals surface area contributed by atoms with Crippen LogP contribution in [0.4, 0.5) is 5.69 Å². The van der Waals surface area contributed by atoms with Gasteiger partial charge in [0.2, 0.25) is 11.8 Å². The van der Waals surface area contributed by atoms with E-state index in [9.17, 15) is 18.0 Å². The summed E-state index contributed by atoms with van der Waals surface area (Å²) in [5.74, 6) is -0.119. The average molecular weight is 566 g/mol. The Labute approximate surface area is 238 Å². The molecule has 1 atom stereocenters. The van der Waals surface area contributed by atoms with Crippen molar-refractivity contribution in [1.29, 1.82) is 0 Å². The van der Waals surface area contributed by atoms with E-state index in [1.165, 1.54) is 24.1 Å². The normalized spacial score (nSPS) is 12.1. The number of nitrogens with one attached hydrogen (secondary N) is 1. The first-order valence-corrected chi connectivity index (χ1v) is 14.7. The molecule has 3 rings (SSSR count). The quantitative estimate of drug-likeness (QED) is 0.344. The van der Waals surface area contributed by atoms with Gasteiger partial charge in [-0.15, -0.1) is 0 Å². The molecule has 0 spiro atoms. The fraction of sp³-hybridized carbons (Fsp3) is 0.355. The van der Waals surface area contributed by atoms with Crippen LogP contribution in [0.2, 0.25) is 0 Å². The molecule has 0 unspecified atom stereocenters. The van der Waals surface area contributed by atoms with Crippen molar-refractivity contribution >= 4 is 27.5 Å². The molecule has 9 heteroatoms. The maximum absolute atomic E-state index is 14.0. The van der Waals surface area contributed by atoms with Crippen molar-refractivity contribution in [3.05, 3.63) is 89.5 Å². The highest BCUT2D eigenvalue weighted by atomic mass is 32.2. The number of carbonyl (C=O) groups excluding carboxylic acids is 2. The first-order valence-electron chi connectivity index (χ1n) is 13.3. The van der Waals surface area contributed by atoms with Gasteiger partial charge in [0.25, 0.3) is 10.0 Å². The van der Waals surface area contributed by atoms with Gasteiger partial charge in [0.05, 0.1) is 17.7 Å². The van der Waals surface area contributed by atoms with Gasteiger partial charge in [-0.3, -0.25) is 13.9 Å². The molecule has 3 aromatic rings. The van der Waals surface area contributed by atoms with Gasteiger partial charge in [-0.2, -0.15) is 0 Å². The van der Waals surface area contributed by atoms with Crippen molar-refractivity contribution in [2.75, 3.05) is 24.5 Å². The SMILES string of the molecule is COc1cccc(N(CC(=O)N(Cc2ccccc2C)[C@H](C)C(=O)NCC(C)C)S(=O)(=O)c2ccc(C)cc2)c1. The second-order valence-corrected chi connectivity index (χ2v) is 12.2. The van der Waals surface area contributed by atoms with Crippen molar-refractivity contribution in [3.63, 3.8) is 0 Å². The Kier molecular flexibility index (Phi) is 10.3. The van der Waals surface area contributed by atoms with E-state index >= 15 is 0 Å². The number of anilines is 1. The van der Waals surface area contributed by atoms with Crippen LogP contribution in [0.1, 0.15) is 37.5 Å². The Bertz CT molecular complexity index is 1420. The summed E-state index contributed by atoms with van der Waals surface area (Å²) in [6, 6.07) is 19.8. The summed E-state index contributed by atoms with van der Waals surface area (Å²) in [4.78, 5) is 28.6. The molecule has 0 aliphatic heterocycles. The van der Waals surface area contributed by atoms with Crippen molar-refractivity contribution in [2.24, 2.45) is 5.92 Å². The van der Waals surface area contributed by atoms with Crippen LogP contribution < -0.4 is 14.4 Å². The van der Waals surface area contributed by atoms with Gasteiger partial charge in [-0.1, -0.05) is 61.9 Å². The lowest BCUT2D eigenvalue weighted by Gasteiger charge is -2.32. The second kappa shape index (κ2) is 13.5. The molecule has 0 aromatic heterocycles. The van der Waals surface area contributed by atoms with Gasteiger partial charge in [0, 0.05) is 19.2 Å². The van der Waals surface area contributed by atoms with Gasteiger partial charge >= 0.3 is 0 Å².